The Labute approximate surface area is 206 Å². The van der Waals surface area contributed by atoms with E-state index in [-0.39, 0.29) is 4.48 Å². The van der Waals surface area contributed by atoms with Crippen LogP contribution in [-0.2, 0) is 10.1 Å². The Kier molecular flexibility index (Phi) is 21.0. The molecule has 0 fully saturated rings. The maximum atomic E-state index is 11.8. The lowest BCUT2D eigenvalue weighted by Crippen LogP contribution is -2.36. The molecule has 0 aliphatic rings. The lowest BCUT2D eigenvalue weighted by atomic mass is 10.1. The minimum absolute atomic E-state index is 0.0231. The van der Waals surface area contributed by atoms with Gasteiger partial charge >= 0.3 is 0 Å². The molecule has 0 aromatic rings. The largest absolute Gasteiger partial charge is 0.744 e. The number of unbranched alkanes of at least 4 members (excludes halogenated alkanes) is 15. The monoisotopic (exact) mass is 483 g/mol. The molecule has 5 heteroatoms. The summed E-state index contributed by atoms with van der Waals surface area (Å²) in [4.78, 5) is 0. The fraction of sp³-hybridized carbons (Fsp3) is 0.786. The molecule has 0 atom stereocenters. The lowest BCUT2D eigenvalue weighted by molar-refractivity contribution is -0.760. The summed E-state index contributed by atoms with van der Waals surface area (Å²) in [5.41, 5.74) is 0. The number of quaternary nitrogens is 1. The molecule has 0 bridgehead atoms. The molecule has 0 N–H and O–H groups in total. The summed E-state index contributed by atoms with van der Waals surface area (Å²) in [6, 6.07) is 0. The molecule has 4 nitrogen and oxygen atoms in total. The predicted molar refractivity (Wildman–Crippen MR) is 142 cm³/mol. The van der Waals surface area contributed by atoms with Gasteiger partial charge in [0, 0.05) is 0 Å². The quantitative estimate of drug-likeness (QED) is 0.0827. The van der Waals surface area contributed by atoms with E-state index < -0.39 is 16.0 Å². The van der Waals surface area contributed by atoms with E-state index in [0.717, 1.165) is 38.5 Å². The van der Waals surface area contributed by atoms with Crippen LogP contribution in [0.1, 0.15) is 136 Å². The van der Waals surface area contributed by atoms with Crippen LogP contribution in [0, 0.1) is 0 Å². The molecule has 0 rings (SSSR count). The van der Waals surface area contributed by atoms with Crippen LogP contribution in [0.3, 0.4) is 0 Å². The maximum absolute atomic E-state index is 11.8. The lowest BCUT2D eigenvalue weighted by Gasteiger charge is -2.28. The highest BCUT2D eigenvalue weighted by atomic mass is 32.2. The smallest absolute Gasteiger partial charge is 0.181 e. The van der Waals surface area contributed by atoms with E-state index in [0.29, 0.717) is 0 Å². The molecule has 0 amide bonds. The van der Waals surface area contributed by atoms with Crippen LogP contribution in [-0.4, -0.2) is 23.3 Å². The minimum atomic E-state index is -4.38. The molecule has 0 aliphatic carbocycles. The van der Waals surface area contributed by atoms with Gasteiger partial charge in [0.05, 0.1) is 0 Å². The van der Waals surface area contributed by atoms with Crippen LogP contribution in [0.5, 0.6) is 0 Å². The van der Waals surface area contributed by atoms with Crippen LogP contribution >= 0.6 is 0 Å². The molecule has 194 valence electrons. The zero-order valence-corrected chi connectivity index (χ0v) is 22.8. The van der Waals surface area contributed by atoms with Crippen molar-refractivity contribution in [3.63, 3.8) is 0 Å². The van der Waals surface area contributed by atoms with Crippen molar-refractivity contribution in [2.45, 2.75) is 136 Å². The summed E-state index contributed by atoms with van der Waals surface area (Å²) in [5, 5.41) is 0. The first-order chi connectivity index (χ1) is 15.9. The summed E-state index contributed by atoms with van der Waals surface area (Å²) < 4.78 is 35.4. The van der Waals surface area contributed by atoms with Gasteiger partial charge in [0.25, 0.3) is 0 Å². The van der Waals surface area contributed by atoms with Gasteiger partial charge in [-0.25, -0.2) is 12.9 Å². The number of hydrogen-bond donors (Lipinski definition) is 0. The van der Waals surface area contributed by atoms with Crippen molar-refractivity contribution >= 4 is 10.1 Å². The Balaban J connectivity index is 5.19. The van der Waals surface area contributed by atoms with E-state index in [1.807, 2.05) is 18.6 Å². The Morgan fingerprint density at radius 3 is 1.12 bits per heavy atom. The van der Waals surface area contributed by atoms with Crippen LogP contribution in [0.4, 0.5) is 0 Å². The van der Waals surface area contributed by atoms with Crippen LogP contribution < -0.4 is 0 Å². The van der Waals surface area contributed by atoms with Crippen LogP contribution in [0.15, 0.2) is 36.8 Å². The minimum Gasteiger partial charge on any atom is -0.744 e. The number of hydrogen-bond acceptors (Lipinski definition) is 3. The fourth-order valence-corrected chi connectivity index (χ4v) is 4.77. The molecule has 0 aliphatic heterocycles. The van der Waals surface area contributed by atoms with Crippen molar-refractivity contribution in [3.05, 3.63) is 36.8 Å². The first-order valence-electron chi connectivity index (χ1n) is 13.7. The summed E-state index contributed by atoms with van der Waals surface area (Å²) in [6.45, 7) is 6.63. The summed E-state index contributed by atoms with van der Waals surface area (Å²) in [5.74, 6) is -0.460. The van der Waals surface area contributed by atoms with Gasteiger partial charge in [0.1, 0.15) is 28.7 Å². The third-order valence-corrected chi connectivity index (χ3v) is 6.72. The van der Waals surface area contributed by atoms with E-state index >= 15 is 0 Å². The maximum Gasteiger partial charge on any atom is 0.181 e. The predicted octanol–water partition coefficient (Wildman–Crippen LogP) is 8.93. The molecule has 33 heavy (non-hydrogen) atoms. The highest BCUT2D eigenvalue weighted by Crippen LogP contribution is 2.18. The highest BCUT2D eigenvalue weighted by Gasteiger charge is 2.22. The Morgan fingerprint density at radius 2 is 0.848 bits per heavy atom. The average molecular weight is 484 g/mol. The van der Waals surface area contributed by atoms with E-state index in [1.165, 1.54) is 77.0 Å². The van der Waals surface area contributed by atoms with Gasteiger partial charge in [-0.05, 0) is 56.8 Å². The van der Waals surface area contributed by atoms with E-state index in [1.54, 1.807) is 0 Å². The normalized spacial score (nSPS) is 13.2. The molecule has 0 saturated carbocycles. The van der Waals surface area contributed by atoms with Gasteiger partial charge in [-0.1, -0.05) is 97.8 Å². The third-order valence-electron chi connectivity index (χ3n) is 5.95. The highest BCUT2D eigenvalue weighted by molar-refractivity contribution is 7.85. The molecule has 0 spiro atoms. The standard InChI is InChI=1S/C28H53NO3S/c1-4-7-10-13-16-19-22-25-29(28-33(30,31)32,26-23-20-17-14-11-8-5-2)27-24-21-18-15-12-9-6-3/h22-27H,4-21,28H2,1-3H3/b25-22+,26-23+,27-24+. The van der Waals surface area contributed by atoms with Gasteiger partial charge in [-0.15, -0.1) is 0 Å². The Bertz CT molecular complexity index is 563. The van der Waals surface area contributed by atoms with E-state index in [4.69, 9.17) is 0 Å². The molecule has 0 aromatic heterocycles. The number of allylic oxidation sites excluding steroid dienone is 3. The number of nitrogens with zero attached hydrogens (tertiary/aromatic N) is 1. The molecule has 0 saturated heterocycles. The zero-order valence-electron chi connectivity index (χ0n) is 22.0. The van der Waals surface area contributed by atoms with Crippen molar-refractivity contribution in [2.75, 3.05) is 5.88 Å². The van der Waals surface area contributed by atoms with Crippen molar-refractivity contribution in [2.24, 2.45) is 0 Å². The number of rotatable bonds is 23. The van der Waals surface area contributed by atoms with Crippen LogP contribution in [0.25, 0.3) is 0 Å². The molecular weight excluding hydrogens is 430 g/mol. The molecule has 0 heterocycles. The molecular formula is C28H53NO3S. The first-order valence-corrected chi connectivity index (χ1v) is 15.3. The SMILES string of the molecule is CCCCCCC/C=C/[N+](/C=C/CCCCCCC)(/C=C/CCCCCCC)CS(=O)(=O)[O-]. The zero-order chi connectivity index (χ0) is 24.7. The topological polar surface area (TPSA) is 57.2 Å². The van der Waals surface area contributed by atoms with Crippen molar-refractivity contribution in [3.8, 4) is 0 Å². The van der Waals surface area contributed by atoms with Gasteiger partial charge in [0.2, 0.25) is 0 Å². The average Bonchev–Trinajstić information content (AvgIpc) is 2.76. The molecule has 0 aromatic carbocycles. The second-order valence-corrected chi connectivity index (χ2v) is 10.8. The Hall–Kier alpha value is -0.910. The second-order valence-electron chi connectivity index (χ2n) is 9.44. The van der Waals surface area contributed by atoms with Gasteiger partial charge < -0.3 is 4.55 Å². The molecule has 0 radical (unpaired) electrons. The van der Waals surface area contributed by atoms with Gasteiger partial charge in [-0.3, -0.25) is 0 Å². The van der Waals surface area contributed by atoms with E-state index in [2.05, 4.69) is 39.0 Å². The van der Waals surface area contributed by atoms with Gasteiger partial charge in [0.15, 0.2) is 5.88 Å². The summed E-state index contributed by atoms with van der Waals surface area (Å²) >= 11 is 0. The van der Waals surface area contributed by atoms with Crippen molar-refractivity contribution in [1.82, 2.24) is 0 Å². The fourth-order valence-electron chi connectivity index (χ4n) is 3.96. The molecule has 0 unspecified atom stereocenters. The van der Waals surface area contributed by atoms with Crippen molar-refractivity contribution < 1.29 is 17.5 Å². The van der Waals surface area contributed by atoms with Gasteiger partial charge in [-0.2, -0.15) is 0 Å². The summed E-state index contributed by atoms with van der Waals surface area (Å²) in [6.07, 6.45) is 32.8. The Morgan fingerprint density at radius 1 is 0.545 bits per heavy atom. The van der Waals surface area contributed by atoms with E-state index in [9.17, 15) is 13.0 Å². The third kappa shape index (κ3) is 21.4. The second kappa shape index (κ2) is 21.6. The van der Waals surface area contributed by atoms with Crippen LogP contribution in [0.2, 0.25) is 0 Å². The first kappa shape index (κ1) is 32.1. The van der Waals surface area contributed by atoms with Crippen molar-refractivity contribution in [1.29, 1.82) is 0 Å². The summed E-state index contributed by atoms with van der Waals surface area (Å²) in [7, 11) is -4.38.